The topological polar surface area (TPSA) is 55.4 Å². The standard InChI is InChI=1S/C29H42O6/c1-3-30-17-19-34-23-21-32-15-13-29(14-16-33-22-24-35-20-18-31-4-2)27-11-7-5-9-25(27)26-10-6-8-12-28(26)29/h5-12H,3-4,13-24H2,1-2H3. The highest BCUT2D eigenvalue weighted by Gasteiger charge is 2.42. The average Bonchev–Trinajstić information content (AvgIpc) is 3.17. The van der Waals surface area contributed by atoms with Gasteiger partial charge in [0.25, 0.3) is 0 Å². The molecule has 0 saturated carbocycles. The Morgan fingerprint density at radius 2 is 0.800 bits per heavy atom. The molecular formula is C29H42O6. The number of hydrogen-bond donors (Lipinski definition) is 0. The van der Waals surface area contributed by atoms with Gasteiger partial charge in [-0.1, -0.05) is 48.5 Å². The van der Waals surface area contributed by atoms with E-state index in [9.17, 15) is 0 Å². The Labute approximate surface area is 210 Å². The molecule has 0 aliphatic heterocycles. The second-order valence-electron chi connectivity index (χ2n) is 8.52. The molecule has 6 heteroatoms. The van der Waals surface area contributed by atoms with Crippen molar-refractivity contribution in [2.75, 3.05) is 79.3 Å². The molecule has 6 nitrogen and oxygen atoms in total. The summed E-state index contributed by atoms with van der Waals surface area (Å²) in [4.78, 5) is 0. The van der Waals surface area contributed by atoms with Gasteiger partial charge in [0, 0.05) is 31.8 Å². The van der Waals surface area contributed by atoms with Gasteiger partial charge in [-0.05, 0) is 48.9 Å². The van der Waals surface area contributed by atoms with Crippen LogP contribution in [0.1, 0.15) is 37.8 Å². The van der Waals surface area contributed by atoms with E-state index in [0.717, 1.165) is 26.1 Å². The zero-order valence-corrected chi connectivity index (χ0v) is 21.5. The van der Waals surface area contributed by atoms with Crippen molar-refractivity contribution in [2.24, 2.45) is 0 Å². The van der Waals surface area contributed by atoms with Gasteiger partial charge in [-0.2, -0.15) is 0 Å². The van der Waals surface area contributed by atoms with Crippen LogP contribution in [0.25, 0.3) is 11.1 Å². The average molecular weight is 487 g/mol. The van der Waals surface area contributed by atoms with Crippen LogP contribution in [-0.2, 0) is 33.8 Å². The van der Waals surface area contributed by atoms with Gasteiger partial charge in [-0.25, -0.2) is 0 Å². The third kappa shape index (κ3) is 8.10. The Kier molecular flexibility index (Phi) is 12.7. The van der Waals surface area contributed by atoms with Crippen LogP contribution in [0, 0.1) is 0 Å². The molecule has 0 unspecified atom stereocenters. The van der Waals surface area contributed by atoms with E-state index >= 15 is 0 Å². The summed E-state index contributed by atoms with van der Waals surface area (Å²) >= 11 is 0. The summed E-state index contributed by atoms with van der Waals surface area (Å²) in [5, 5.41) is 0. The third-order valence-corrected chi connectivity index (χ3v) is 6.42. The van der Waals surface area contributed by atoms with Gasteiger partial charge in [0.15, 0.2) is 0 Å². The van der Waals surface area contributed by atoms with Gasteiger partial charge in [0.05, 0.1) is 52.9 Å². The van der Waals surface area contributed by atoms with Gasteiger partial charge in [0.1, 0.15) is 0 Å². The van der Waals surface area contributed by atoms with Crippen molar-refractivity contribution in [2.45, 2.75) is 32.1 Å². The van der Waals surface area contributed by atoms with Crippen molar-refractivity contribution >= 4 is 0 Å². The Morgan fingerprint density at radius 1 is 0.457 bits per heavy atom. The van der Waals surface area contributed by atoms with E-state index in [1.807, 2.05) is 13.8 Å². The molecule has 0 aromatic heterocycles. The maximum absolute atomic E-state index is 6.01. The van der Waals surface area contributed by atoms with Gasteiger partial charge >= 0.3 is 0 Å². The maximum Gasteiger partial charge on any atom is 0.0701 e. The van der Waals surface area contributed by atoms with Crippen LogP contribution in [0.4, 0.5) is 0 Å². The smallest absolute Gasteiger partial charge is 0.0701 e. The van der Waals surface area contributed by atoms with Crippen LogP contribution in [-0.4, -0.2) is 79.3 Å². The lowest BCUT2D eigenvalue weighted by atomic mass is 9.73. The normalized spacial score (nSPS) is 13.7. The van der Waals surface area contributed by atoms with E-state index in [1.165, 1.54) is 22.3 Å². The fourth-order valence-electron chi connectivity index (χ4n) is 4.74. The van der Waals surface area contributed by atoms with Gasteiger partial charge < -0.3 is 28.4 Å². The highest BCUT2D eigenvalue weighted by molar-refractivity contribution is 5.80. The molecule has 0 atom stereocenters. The number of fused-ring (bicyclic) bond motifs is 3. The molecule has 3 rings (SSSR count). The van der Waals surface area contributed by atoms with Crippen LogP contribution in [0.5, 0.6) is 0 Å². The van der Waals surface area contributed by atoms with Crippen LogP contribution in [0.2, 0.25) is 0 Å². The van der Waals surface area contributed by atoms with Crippen LogP contribution in [0.15, 0.2) is 48.5 Å². The maximum atomic E-state index is 6.01. The van der Waals surface area contributed by atoms with Crippen LogP contribution < -0.4 is 0 Å². The number of ether oxygens (including phenoxy) is 6. The van der Waals surface area contributed by atoms with Crippen LogP contribution >= 0.6 is 0 Å². The fourth-order valence-corrected chi connectivity index (χ4v) is 4.74. The van der Waals surface area contributed by atoms with Crippen molar-refractivity contribution in [1.82, 2.24) is 0 Å². The molecule has 2 aromatic rings. The zero-order chi connectivity index (χ0) is 24.6. The quantitative estimate of drug-likeness (QED) is 0.249. The Hall–Kier alpha value is -1.80. The summed E-state index contributed by atoms with van der Waals surface area (Å²) in [6, 6.07) is 17.5. The Balaban J connectivity index is 1.55. The van der Waals surface area contributed by atoms with Gasteiger partial charge in [-0.3, -0.25) is 0 Å². The predicted molar refractivity (Wildman–Crippen MR) is 138 cm³/mol. The van der Waals surface area contributed by atoms with E-state index in [0.29, 0.717) is 66.1 Å². The van der Waals surface area contributed by atoms with Gasteiger partial charge in [0.2, 0.25) is 0 Å². The highest BCUT2D eigenvalue weighted by Crippen LogP contribution is 2.52. The number of rotatable bonds is 20. The molecule has 0 heterocycles. The Bertz CT molecular complexity index is 770. The molecule has 0 saturated heterocycles. The third-order valence-electron chi connectivity index (χ3n) is 6.42. The molecular weight excluding hydrogens is 444 g/mol. The lowest BCUT2D eigenvalue weighted by molar-refractivity contribution is 0.00843. The van der Waals surface area contributed by atoms with Crippen LogP contribution in [0.3, 0.4) is 0 Å². The lowest BCUT2D eigenvalue weighted by Gasteiger charge is -2.32. The molecule has 35 heavy (non-hydrogen) atoms. The number of hydrogen-bond acceptors (Lipinski definition) is 6. The first-order valence-electron chi connectivity index (χ1n) is 13.0. The fraction of sp³-hybridized carbons (Fsp3) is 0.586. The predicted octanol–water partition coefficient (Wildman–Crippen LogP) is 4.87. The summed E-state index contributed by atoms with van der Waals surface area (Å²) in [5.41, 5.74) is 5.26. The van der Waals surface area contributed by atoms with E-state index < -0.39 is 0 Å². The SMILES string of the molecule is CCOCCOCCOCCC1(CCOCCOCCOCC)c2ccccc2-c2ccccc21. The van der Waals surface area contributed by atoms with E-state index in [1.54, 1.807) is 0 Å². The largest absolute Gasteiger partial charge is 0.379 e. The van der Waals surface area contributed by atoms with Gasteiger partial charge in [-0.15, -0.1) is 0 Å². The molecule has 0 fully saturated rings. The molecule has 1 aliphatic rings. The van der Waals surface area contributed by atoms with E-state index in [2.05, 4.69) is 48.5 Å². The summed E-state index contributed by atoms with van der Waals surface area (Å²) in [7, 11) is 0. The zero-order valence-electron chi connectivity index (χ0n) is 21.5. The summed E-state index contributed by atoms with van der Waals surface area (Å²) in [5.74, 6) is 0. The summed E-state index contributed by atoms with van der Waals surface area (Å²) in [6.07, 6.45) is 1.79. The minimum Gasteiger partial charge on any atom is -0.379 e. The van der Waals surface area contributed by atoms with Crippen molar-refractivity contribution in [3.63, 3.8) is 0 Å². The summed E-state index contributed by atoms with van der Waals surface area (Å²) < 4.78 is 33.8. The van der Waals surface area contributed by atoms with Crippen molar-refractivity contribution < 1.29 is 28.4 Å². The number of benzene rings is 2. The molecule has 1 aliphatic carbocycles. The lowest BCUT2D eigenvalue weighted by Crippen LogP contribution is -2.29. The molecule has 0 radical (unpaired) electrons. The van der Waals surface area contributed by atoms with E-state index in [-0.39, 0.29) is 5.41 Å². The molecule has 194 valence electrons. The minimum atomic E-state index is -0.126. The van der Waals surface area contributed by atoms with E-state index in [4.69, 9.17) is 28.4 Å². The molecule has 0 spiro atoms. The van der Waals surface area contributed by atoms with Crippen molar-refractivity contribution in [1.29, 1.82) is 0 Å². The molecule has 0 N–H and O–H groups in total. The summed E-state index contributed by atoms with van der Waals surface area (Å²) in [6.45, 7) is 11.5. The highest BCUT2D eigenvalue weighted by atomic mass is 16.5. The van der Waals surface area contributed by atoms with Crippen molar-refractivity contribution in [3.05, 3.63) is 59.7 Å². The molecule has 0 bridgehead atoms. The first-order chi connectivity index (χ1) is 17.3. The minimum absolute atomic E-state index is 0.126. The molecule has 2 aromatic carbocycles. The second kappa shape index (κ2) is 16.0. The van der Waals surface area contributed by atoms with Crippen molar-refractivity contribution in [3.8, 4) is 11.1 Å². The first kappa shape index (κ1) is 27.8. The molecule has 0 amide bonds. The second-order valence-corrected chi connectivity index (χ2v) is 8.52. The Morgan fingerprint density at radius 3 is 1.20 bits per heavy atom. The first-order valence-corrected chi connectivity index (χ1v) is 13.0. The monoisotopic (exact) mass is 486 g/mol.